The third-order valence-electron chi connectivity index (χ3n) is 4.96. The van der Waals surface area contributed by atoms with Crippen LogP contribution in [0, 0.1) is 11.8 Å². The lowest BCUT2D eigenvalue weighted by atomic mass is 9.87. The third kappa shape index (κ3) is 4.72. The fraction of sp³-hybridized carbons (Fsp3) is 0.882. The monoisotopic (exact) mass is 294 g/mol. The standard InChI is InChI=1S/C17H30N2O2/c1-2-3-11-18-16(20)14-9-12-19(13-10-14)17(21)15-7-5-4-6-8-15/h14-15H,2-13H2,1H3,(H,18,20). The summed E-state index contributed by atoms with van der Waals surface area (Å²) < 4.78 is 0. The Bertz CT molecular complexity index is 343. The molecular formula is C17H30N2O2. The normalized spacial score (nSPS) is 21.3. The minimum atomic E-state index is 0.109. The molecule has 21 heavy (non-hydrogen) atoms. The average molecular weight is 294 g/mol. The number of likely N-dealkylation sites (tertiary alicyclic amines) is 1. The summed E-state index contributed by atoms with van der Waals surface area (Å²) in [6.45, 7) is 4.44. The van der Waals surface area contributed by atoms with Gasteiger partial charge in [-0.2, -0.15) is 0 Å². The van der Waals surface area contributed by atoms with Crippen LogP contribution in [-0.2, 0) is 9.59 Å². The number of amides is 2. The molecule has 4 heteroatoms. The molecule has 2 rings (SSSR count). The molecule has 2 amide bonds. The number of unbranched alkanes of at least 4 members (excludes halogenated alkanes) is 1. The lowest BCUT2D eigenvalue weighted by Crippen LogP contribution is -2.45. The number of carbonyl (C=O) groups excluding carboxylic acids is 2. The molecule has 1 aliphatic heterocycles. The molecule has 1 saturated carbocycles. The molecular weight excluding hydrogens is 264 g/mol. The zero-order valence-corrected chi connectivity index (χ0v) is 13.4. The topological polar surface area (TPSA) is 49.4 Å². The van der Waals surface area contributed by atoms with Gasteiger partial charge in [0.15, 0.2) is 0 Å². The highest BCUT2D eigenvalue weighted by Gasteiger charge is 2.31. The molecule has 120 valence electrons. The van der Waals surface area contributed by atoms with Crippen molar-refractivity contribution in [2.24, 2.45) is 11.8 Å². The highest BCUT2D eigenvalue weighted by atomic mass is 16.2. The van der Waals surface area contributed by atoms with Crippen LogP contribution in [0.1, 0.15) is 64.7 Å². The number of nitrogens with one attached hydrogen (secondary N) is 1. The molecule has 1 saturated heterocycles. The Morgan fingerprint density at radius 2 is 1.67 bits per heavy atom. The van der Waals surface area contributed by atoms with Crippen molar-refractivity contribution < 1.29 is 9.59 Å². The molecule has 1 aliphatic carbocycles. The van der Waals surface area contributed by atoms with Gasteiger partial charge in [-0.15, -0.1) is 0 Å². The van der Waals surface area contributed by atoms with Crippen LogP contribution in [0.2, 0.25) is 0 Å². The summed E-state index contributed by atoms with van der Waals surface area (Å²) in [7, 11) is 0. The zero-order valence-electron chi connectivity index (χ0n) is 13.4. The zero-order chi connectivity index (χ0) is 15.1. The van der Waals surface area contributed by atoms with Gasteiger partial charge in [0.25, 0.3) is 0 Å². The number of nitrogens with zero attached hydrogens (tertiary/aromatic N) is 1. The second-order valence-electron chi connectivity index (χ2n) is 6.58. The van der Waals surface area contributed by atoms with Gasteiger partial charge in [0, 0.05) is 31.5 Å². The van der Waals surface area contributed by atoms with Crippen LogP contribution in [0.15, 0.2) is 0 Å². The van der Waals surface area contributed by atoms with E-state index in [-0.39, 0.29) is 17.7 Å². The van der Waals surface area contributed by atoms with E-state index in [0.29, 0.717) is 5.91 Å². The smallest absolute Gasteiger partial charge is 0.225 e. The first-order valence-corrected chi connectivity index (χ1v) is 8.79. The van der Waals surface area contributed by atoms with Crippen molar-refractivity contribution in [3.8, 4) is 0 Å². The van der Waals surface area contributed by atoms with Crippen molar-refractivity contribution in [2.45, 2.75) is 64.7 Å². The summed E-state index contributed by atoms with van der Waals surface area (Å²) in [5.74, 6) is 0.902. The van der Waals surface area contributed by atoms with E-state index in [2.05, 4.69) is 12.2 Å². The second-order valence-corrected chi connectivity index (χ2v) is 6.58. The summed E-state index contributed by atoms with van der Waals surface area (Å²) in [5, 5.41) is 3.02. The molecule has 4 nitrogen and oxygen atoms in total. The van der Waals surface area contributed by atoms with Gasteiger partial charge in [0.1, 0.15) is 0 Å². The molecule has 1 heterocycles. The van der Waals surface area contributed by atoms with Gasteiger partial charge in [-0.1, -0.05) is 32.6 Å². The lowest BCUT2D eigenvalue weighted by molar-refractivity contribution is -0.140. The van der Waals surface area contributed by atoms with E-state index in [1.165, 1.54) is 19.3 Å². The van der Waals surface area contributed by atoms with Crippen LogP contribution in [0.4, 0.5) is 0 Å². The number of carbonyl (C=O) groups is 2. The van der Waals surface area contributed by atoms with Gasteiger partial charge in [-0.25, -0.2) is 0 Å². The van der Waals surface area contributed by atoms with Gasteiger partial charge >= 0.3 is 0 Å². The SMILES string of the molecule is CCCCNC(=O)C1CCN(C(=O)C2CCCCC2)CC1. The van der Waals surface area contributed by atoms with Gasteiger partial charge in [-0.3, -0.25) is 9.59 Å². The summed E-state index contributed by atoms with van der Waals surface area (Å²) in [6, 6.07) is 0. The fourth-order valence-electron chi connectivity index (χ4n) is 3.50. The Hall–Kier alpha value is -1.06. The van der Waals surface area contributed by atoms with Crippen molar-refractivity contribution in [3.63, 3.8) is 0 Å². The van der Waals surface area contributed by atoms with E-state index in [9.17, 15) is 9.59 Å². The number of rotatable bonds is 5. The van der Waals surface area contributed by atoms with Gasteiger partial charge in [-0.05, 0) is 32.1 Å². The largest absolute Gasteiger partial charge is 0.356 e. The summed E-state index contributed by atoms with van der Waals surface area (Å²) in [6.07, 6.45) is 9.63. The predicted octanol–water partition coefficient (Wildman–Crippen LogP) is 2.72. The van der Waals surface area contributed by atoms with Gasteiger partial charge in [0.05, 0.1) is 0 Å². The molecule has 2 aliphatic rings. The van der Waals surface area contributed by atoms with E-state index >= 15 is 0 Å². The summed E-state index contributed by atoms with van der Waals surface area (Å²) in [5.41, 5.74) is 0. The molecule has 0 aromatic rings. The number of piperidine rings is 1. The maximum atomic E-state index is 12.5. The fourth-order valence-corrected chi connectivity index (χ4v) is 3.50. The lowest BCUT2D eigenvalue weighted by Gasteiger charge is -2.34. The Kier molecular flexibility index (Phi) is 6.52. The van der Waals surface area contributed by atoms with Crippen LogP contribution in [-0.4, -0.2) is 36.3 Å². The minimum Gasteiger partial charge on any atom is -0.356 e. The molecule has 0 atom stereocenters. The quantitative estimate of drug-likeness (QED) is 0.793. The predicted molar refractivity (Wildman–Crippen MR) is 83.8 cm³/mol. The van der Waals surface area contributed by atoms with Crippen molar-refractivity contribution in [3.05, 3.63) is 0 Å². The first-order valence-electron chi connectivity index (χ1n) is 8.79. The first-order chi connectivity index (χ1) is 10.2. The van der Waals surface area contributed by atoms with E-state index in [4.69, 9.17) is 0 Å². The van der Waals surface area contributed by atoms with Crippen molar-refractivity contribution >= 4 is 11.8 Å². The Balaban J connectivity index is 1.72. The van der Waals surface area contributed by atoms with Crippen molar-refractivity contribution in [1.29, 1.82) is 0 Å². The molecule has 0 aromatic carbocycles. The molecule has 0 spiro atoms. The van der Waals surface area contributed by atoms with E-state index in [1.54, 1.807) is 0 Å². The van der Waals surface area contributed by atoms with E-state index in [0.717, 1.165) is 58.2 Å². The Morgan fingerprint density at radius 3 is 2.29 bits per heavy atom. The maximum Gasteiger partial charge on any atom is 0.225 e. The minimum absolute atomic E-state index is 0.109. The van der Waals surface area contributed by atoms with Crippen LogP contribution < -0.4 is 5.32 Å². The number of hydrogen-bond donors (Lipinski definition) is 1. The summed E-state index contributed by atoms with van der Waals surface area (Å²) >= 11 is 0. The van der Waals surface area contributed by atoms with Crippen molar-refractivity contribution in [2.75, 3.05) is 19.6 Å². The first kappa shape index (κ1) is 16.3. The van der Waals surface area contributed by atoms with E-state index in [1.807, 2.05) is 4.90 Å². The Labute approximate surface area is 128 Å². The van der Waals surface area contributed by atoms with Crippen LogP contribution in [0.25, 0.3) is 0 Å². The third-order valence-corrected chi connectivity index (χ3v) is 4.96. The highest BCUT2D eigenvalue weighted by molar-refractivity contribution is 5.81. The van der Waals surface area contributed by atoms with Gasteiger partial charge < -0.3 is 10.2 Å². The Morgan fingerprint density at radius 1 is 1.00 bits per heavy atom. The molecule has 0 bridgehead atoms. The highest BCUT2D eigenvalue weighted by Crippen LogP contribution is 2.27. The van der Waals surface area contributed by atoms with E-state index < -0.39 is 0 Å². The van der Waals surface area contributed by atoms with Crippen LogP contribution in [0.3, 0.4) is 0 Å². The number of hydrogen-bond acceptors (Lipinski definition) is 2. The van der Waals surface area contributed by atoms with Crippen molar-refractivity contribution in [1.82, 2.24) is 10.2 Å². The summed E-state index contributed by atoms with van der Waals surface area (Å²) in [4.78, 5) is 26.5. The maximum absolute atomic E-state index is 12.5. The average Bonchev–Trinajstić information content (AvgIpc) is 2.55. The molecule has 0 unspecified atom stereocenters. The van der Waals surface area contributed by atoms with Gasteiger partial charge in [0.2, 0.25) is 11.8 Å². The second kappa shape index (κ2) is 8.40. The molecule has 2 fully saturated rings. The van der Waals surface area contributed by atoms with Crippen LogP contribution in [0.5, 0.6) is 0 Å². The molecule has 1 N–H and O–H groups in total. The molecule has 0 aromatic heterocycles. The molecule has 0 radical (unpaired) electrons. The van der Waals surface area contributed by atoms with Crippen LogP contribution >= 0.6 is 0 Å².